The Kier molecular flexibility index (Phi) is 5.65. The van der Waals surface area contributed by atoms with E-state index in [4.69, 9.17) is 38.5 Å². The number of halogens is 2. The molecule has 1 aromatic carbocycles. The third kappa shape index (κ3) is 3.79. The van der Waals surface area contributed by atoms with Gasteiger partial charge in [-0.1, -0.05) is 35.3 Å². The molecular formula is C21H22Cl2N4O2. The number of carbonyl (C=O) groups is 1. The number of carbonyl (C=O) groups excluding carboxylic acids is 1. The zero-order chi connectivity index (χ0) is 20.5. The van der Waals surface area contributed by atoms with E-state index in [-0.39, 0.29) is 5.91 Å². The molecule has 2 aromatic rings. The van der Waals surface area contributed by atoms with Gasteiger partial charge in [0.05, 0.1) is 15.8 Å². The van der Waals surface area contributed by atoms with E-state index in [2.05, 4.69) is 5.16 Å². The minimum absolute atomic E-state index is 0.114. The topological polar surface area (TPSA) is 84.7 Å². The zero-order valence-corrected chi connectivity index (χ0v) is 17.7. The van der Waals surface area contributed by atoms with Gasteiger partial charge in [0.15, 0.2) is 0 Å². The molecule has 2 aliphatic heterocycles. The molecule has 0 atom stereocenters. The molecule has 1 amide bonds. The van der Waals surface area contributed by atoms with E-state index in [0.717, 1.165) is 53.3 Å². The zero-order valence-electron chi connectivity index (χ0n) is 16.2. The molecule has 0 saturated carbocycles. The standard InChI is InChI=1S/C21H22Cl2N4O2/c1-2-18-13-4-3-8-25-19(20(13)26-29-18)14-11-27(9-7-17(14)24)21(28)12-5-6-15(22)16(23)10-12/h5-6,10H,2-4,7-9,11,24H2,1H3. The average Bonchev–Trinajstić information content (AvgIpc) is 3.01. The van der Waals surface area contributed by atoms with Crippen LogP contribution >= 0.6 is 23.2 Å². The number of aryl methyl sites for hydroxylation is 1. The lowest BCUT2D eigenvalue weighted by Gasteiger charge is -2.30. The van der Waals surface area contributed by atoms with E-state index in [9.17, 15) is 4.79 Å². The minimum Gasteiger partial charge on any atom is -0.402 e. The van der Waals surface area contributed by atoms with Crippen molar-refractivity contribution in [3.8, 4) is 0 Å². The molecule has 4 rings (SSSR count). The molecule has 0 spiro atoms. The quantitative estimate of drug-likeness (QED) is 0.792. The van der Waals surface area contributed by atoms with Crippen molar-refractivity contribution in [1.82, 2.24) is 10.1 Å². The van der Waals surface area contributed by atoms with Gasteiger partial charge in [0.25, 0.3) is 5.91 Å². The number of benzene rings is 1. The molecule has 0 unspecified atom stereocenters. The van der Waals surface area contributed by atoms with Crippen molar-refractivity contribution in [1.29, 1.82) is 0 Å². The van der Waals surface area contributed by atoms with E-state index in [0.29, 0.717) is 41.7 Å². The molecule has 2 aliphatic rings. The number of hydrogen-bond donors (Lipinski definition) is 1. The maximum absolute atomic E-state index is 13.0. The summed E-state index contributed by atoms with van der Waals surface area (Å²) in [6.07, 6.45) is 3.18. The van der Waals surface area contributed by atoms with E-state index < -0.39 is 0 Å². The fourth-order valence-electron chi connectivity index (χ4n) is 3.81. The molecule has 3 heterocycles. The van der Waals surface area contributed by atoms with Crippen LogP contribution in [-0.2, 0) is 12.8 Å². The molecule has 0 bridgehead atoms. The van der Waals surface area contributed by atoms with Gasteiger partial charge < -0.3 is 15.2 Å². The van der Waals surface area contributed by atoms with Gasteiger partial charge in [-0.2, -0.15) is 0 Å². The summed E-state index contributed by atoms with van der Waals surface area (Å²) in [7, 11) is 0. The largest absolute Gasteiger partial charge is 0.402 e. The predicted molar refractivity (Wildman–Crippen MR) is 114 cm³/mol. The molecule has 2 N–H and O–H groups in total. The second kappa shape index (κ2) is 8.20. The summed E-state index contributed by atoms with van der Waals surface area (Å²) >= 11 is 12.1. The summed E-state index contributed by atoms with van der Waals surface area (Å²) < 4.78 is 5.54. The molecule has 152 valence electrons. The van der Waals surface area contributed by atoms with Gasteiger partial charge in [0.1, 0.15) is 11.5 Å². The SMILES string of the molecule is CCc1onc2c1CCCN=C2C1=C(N)CCN(C(=O)c2ccc(Cl)c(Cl)c2)C1. The first-order chi connectivity index (χ1) is 14.0. The molecular weight excluding hydrogens is 411 g/mol. The summed E-state index contributed by atoms with van der Waals surface area (Å²) in [5, 5.41) is 5.08. The average molecular weight is 433 g/mol. The van der Waals surface area contributed by atoms with E-state index in [1.807, 2.05) is 6.92 Å². The number of rotatable bonds is 3. The van der Waals surface area contributed by atoms with Gasteiger partial charge in [-0.05, 0) is 31.0 Å². The second-order valence-electron chi connectivity index (χ2n) is 7.23. The first kappa shape index (κ1) is 20.0. The minimum atomic E-state index is -0.114. The molecule has 0 saturated heterocycles. The number of hydrogen-bond acceptors (Lipinski definition) is 5. The Hall–Kier alpha value is -2.31. The monoisotopic (exact) mass is 432 g/mol. The Bertz CT molecular complexity index is 1030. The van der Waals surface area contributed by atoms with Crippen molar-refractivity contribution in [3.63, 3.8) is 0 Å². The molecule has 0 aliphatic carbocycles. The second-order valence-corrected chi connectivity index (χ2v) is 8.04. The number of nitrogens with two attached hydrogens (primary N) is 1. The Labute approximate surface area is 179 Å². The van der Waals surface area contributed by atoms with Crippen LogP contribution in [0.15, 0.2) is 39.0 Å². The third-order valence-electron chi connectivity index (χ3n) is 5.40. The van der Waals surface area contributed by atoms with Crippen molar-refractivity contribution in [2.45, 2.75) is 32.6 Å². The van der Waals surface area contributed by atoms with Gasteiger partial charge in [-0.25, -0.2) is 0 Å². The fourth-order valence-corrected chi connectivity index (χ4v) is 4.11. The first-order valence-corrected chi connectivity index (χ1v) is 10.5. The maximum atomic E-state index is 13.0. The van der Waals surface area contributed by atoms with Crippen LogP contribution in [-0.4, -0.2) is 41.3 Å². The van der Waals surface area contributed by atoms with Crippen LogP contribution in [0, 0.1) is 0 Å². The third-order valence-corrected chi connectivity index (χ3v) is 6.14. The molecule has 29 heavy (non-hydrogen) atoms. The predicted octanol–water partition coefficient (Wildman–Crippen LogP) is 4.04. The van der Waals surface area contributed by atoms with Gasteiger partial charge in [-0.15, -0.1) is 0 Å². The number of aliphatic imine (C=N–C) groups is 1. The summed E-state index contributed by atoms with van der Waals surface area (Å²) in [5.41, 5.74) is 11.1. The number of nitrogens with zero attached hydrogens (tertiary/aromatic N) is 3. The Morgan fingerprint density at radius 2 is 2.10 bits per heavy atom. The summed E-state index contributed by atoms with van der Waals surface area (Å²) in [6, 6.07) is 4.92. The van der Waals surface area contributed by atoms with Crippen molar-refractivity contribution in [2.75, 3.05) is 19.6 Å². The summed E-state index contributed by atoms with van der Waals surface area (Å²) in [5.74, 6) is 0.783. The highest BCUT2D eigenvalue weighted by molar-refractivity contribution is 6.42. The first-order valence-electron chi connectivity index (χ1n) is 9.74. The molecule has 0 radical (unpaired) electrons. The normalized spacial score (nSPS) is 17.1. The van der Waals surface area contributed by atoms with E-state index >= 15 is 0 Å². The van der Waals surface area contributed by atoms with Crippen LogP contribution in [0.25, 0.3) is 0 Å². The Morgan fingerprint density at radius 1 is 1.28 bits per heavy atom. The smallest absolute Gasteiger partial charge is 0.254 e. The highest BCUT2D eigenvalue weighted by Gasteiger charge is 2.30. The summed E-state index contributed by atoms with van der Waals surface area (Å²) in [6.45, 7) is 3.66. The maximum Gasteiger partial charge on any atom is 0.254 e. The Balaban J connectivity index is 1.65. The van der Waals surface area contributed by atoms with Crippen LogP contribution < -0.4 is 5.73 Å². The van der Waals surface area contributed by atoms with Crippen LogP contribution in [0.3, 0.4) is 0 Å². The summed E-state index contributed by atoms with van der Waals surface area (Å²) in [4.78, 5) is 19.6. The lowest BCUT2D eigenvalue weighted by Crippen LogP contribution is -2.40. The number of fused-ring (bicyclic) bond motifs is 1. The van der Waals surface area contributed by atoms with Gasteiger partial charge in [0, 0.05) is 54.9 Å². The van der Waals surface area contributed by atoms with E-state index in [1.54, 1.807) is 23.1 Å². The van der Waals surface area contributed by atoms with Gasteiger partial charge in [-0.3, -0.25) is 9.79 Å². The van der Waals surface area contributed by atoms with Crippen LogP contribution in [0.2, 0.25) is 10.0 Å². The van der Waals surface area contributed by atoms with Crippen LogP contribution in [0.4, 0.5) is 0 Å². The van der Waals surface area contributed by atoms with Crippen LogP contribution in [0.5, 0.6) is 0 Å². The fraction of sp³-hybridized carbons (Fsp3) is 0.381. The molecule has 6 nitrogen and oxygen atoms in total. The van der Waals surface area contributed by atoms with Crippen molar-refractivity contribution in [3.05, 3.63) is 62.1 Å². The number of aromatic nitrogens is 1. The van der Waals surface area contributed by atoms with Crippen molar-refractivity contribution < 1.29 is 9.32 Å². The molecule has 0 fully saturated rings. The molecule has 1 aromatic heterocycles. The lowest BCUT2D eigenvalue weighted by molar-refractivity contribution is 0.0766. The highest BCUT2D eigenvalue weighted by Crippen LogP contribution is 2.28. The lowest BCUT2D eigenvalue weighted by atomic mass is 9.95. The van der Waals surface area contributed by atoms with Gasteiger partial charge in [0.2, 0.25) is 0 Å². The van der Waals surface area contributed by atoms with Crippen molar-refractivity contribution in [2.24, 2.45) is 10.7 Å². The molecule has 8 heteroatoms. The number of amides is 1. The van der Waals surface area contributed by atoms with Crippen LogP contribution in [0.1, 0.15) is 47.1 Å². The van der Waals surface area contributed by atoms with Crippen molar-refractivity contribution >= 4 is 34.8 Å². The highest BCUT2D eigenvalue weighted by atomic mass is 35.5. The van der Waals surface area contributed by atoms with E-state index in [1.165, 1.54) is 0 Å². The Morgan fingerprint density at radius 3 is 2.86 bits per heavy atom. The van der Waals surface area contributed by atoms with Gasteiger partial charge >= 0.3 is 0 Å².